The zero-order valence-electron chi connectivity index (χ0n) is 7.62. The lowest BCUT2D eigenvalue weighted by Crippen LogP contribution is -1.81. The Balaban J connectivity index is 0.000000261. The van der Waals surface area contributed by atoms with Crippen LogP contribution in [0, 0.1) is 11.3 Å². The van der Waals surface area contributed by atoms with E-state index in [1.807, 2.05) is 37.4 Å². The molecule has 0 aliphatic carbocycles. The lowest BCUT2D eigenvalue weighted by molar-refractivity contribution is 1.04. The second kappa shape index (κ2) is 7.74. The standard InChI is InChI=1S/C7H9N.C3H5N/c1-2-7-5-3-4-6-8-7;1-2-3-4/h3-6H,2H2,1H3;2H2,1H3. The van der Waals surface area contributed by atoms with Crippen molar-refractivity contribution in [2.75, 3.05) is 0 Å². The minimum absolute atomic E-state index is 0.625. The van der Waals surface area contributed by atoms with E-state index in [0.29, 0.717) is 6.42 Å². The molecule has 1 heterocycles. The number of nitrogens with zero attached hydrogens (tertiary/aromatic N) is 2. The molecule has 12 heavy (non-hydrogen) atoms. The van der Waals surface area contributed by atoms with Crippen molar-refractivity contribution in [3.63, 3.8) is 0 Å². The van der Waals surface area contributed by atoms with E-state index < -0.39 is 0 Å². The molecule has 0 saturated carbocycles. The van der Waals surface area contributed by atoms with Crippen LogP contribution < -0.4 is 0 Å². The second-order valence-corrected chi connectivity index (χ2v) is 2.19. The van der Waals surface area contributed by atoms with Crippen molar-refractivity contribution in [2.24, 2.45) is 0 Å². The Bertz CT molecular complexity index is 223. The lowest BCUT2D eigenvalue weighted by atomic mass is 10.3. The fourth-order valence-electron chi connectivity index (χ4n) is 0.607. The Hall–Kier alpha value is -1.36. The Morgan fingerprint density at radius 2 is 2.08 bits per heavy atom. The highest BCUT2D eigenvalue weighted by Gasteiger charge is 1.81. The maximum absolute atomic E-state index is 7.62. The van der Waals surface area contributed by atoms with Gasteiger partial charge in [0.1, 0.15) is 0 Å². The van der Waals surface area contributed by atoms with Gasteiger partial charge in [-0.05, 0) is 18.6 Å². The molecule has 0 amide bonds. The quantitative estimate of drug-likeness (QED) is 0.636. The monoisotopic (exact) mass is 162 g/mol. The van der Waals surface area contributed by atoms with Crippen molar-refractivity contribution in [2.45, 2.75) is 26.7 Å². The van der Waals surface area contributed by atoms with Gasteiger partial charge in [-0.2, -0.15) is 5.26 Å². The first-order valence-corrected chi connectivity index (χ1v) is 4.12. The van der Waals surface area contributed by atoms with Crippen LogP contribution in [0.2, 0.25) is 0 Å². The van der Waals surface area contributed by atoms with Crippen LogP contribution in [-0.4, -0.2) is 4.98 Å². The predicted molar refractivity (Wildman–Crippen MR) is 49.5 cm³/mol. The predicted octanol–water partition coefficient (Wildman–Crippen LogP) is 2.56. The van der Waals surface area contributed by atoms with Gasteiger partial charge in [0.25, 0.3) is 0 Å². The van der Waals surface area contributed by atoms with Crippen molar-refractivity contribution >= 4 is 0 Å². The van der Waals surface area contributed by atoms with Crippen LogP contribution in [-0.2, 0) is 6.42 Å². The number of rotatable bonds is 1. The Morgan fingerprint density at radius 3 is 2.33 bits per heavy atom. The molecule has 0 fully saturated rings. The Kier molecular flexibility index (Phi) is 6.87. The highest BCUT2D eigenvalue weighted by molar-refractivity contribution is 5.02. The van der Waals surface area contributed by atoms with Crippen LogP contribution in [0.5, 0.6) is 0 Å². The van der Waals surface area contributed by atoms with Crippen molar-refractivity contribution in [3.05, 3.63) is 30.1 Å². The summed E-state index contributed by atoms with van der Waals surface area (Å²) >= 11 is 0. The molecule has 0 bridgehead atoms. The molecule has 1 rings (SSSR count). The first-order valence-electron chi connectivity index (χ1n) is 4.12. The van der Waals surface area contributed by atoms with Gasteiger partial charge in [-0.1, -0.05) is 19.9 Å². The van der Waals surface area contributed by atoms with Crippen LogP contribution in [0.25, 0.3) is 0 Å². The van der Waals surface area contributed by atoms with Crippen LogP contribution >= 0.6 is 0 Å². The average molecular weight is 162 g/mol. The van der Waals surface area contributed by atoms with Crippen LogP contribution in [0.4, 0.5) is 0 Å². The number of nitriles is 1. The first-order chi connectivity index (χ1) is 5.85. The van der Waals surface area contributed by atoms with Crippen molar-refractivity contribution < 1.29 is 0 Å². The van der Waals surface area contributed by atoms with Crippen LogP contribution in [0.15, 0.2) is 24.4 Å². The highest BCUT2D eigenvalue weighted by atomic mass is 14.6. The molecular formula is C10H14N2. The molecule has 0 atom stereocenters. The zero-order valence-corrected chi connectivity index (χ0v) is 7.62. The number of aryl methyl sites for hydroxylation is 1. The van der Waals surface area contributed by atoms with E-state index in [-0.39, 0.29) is 0 Å². The third-order valence-electron chi connectivity index (χ3n) is 1.25. The van der Waals surface area contributed by atoms with Gasteiger partial charge >= 0.3 is 0 Å². The van der Waals surface area contributed by atoms with E-state index in [4.69, 9.17) is 5.26 Å². The number of hydrogen-bond acceptors (Lipinski definition) is 2. The Labute approximate surface area is 73.9 Å². The van der Waals surface area contributed by atoms with Gasteiger partial charge in [0.15, 0.2) is 0 Å². The van der Waals surface area contributed by atoms with Crippen molar-refractivity contribution in [3.8, 4) is 6.07 Å². The van der Waals surface area contributed by atoms with E-state index in [1.54, 1.807) is 0 Å². The van der Waals surface area contributed by atoms with Gasteiger partial charge in [0, 0.05) is 18.3 Å². The molecule has 0 N–H and O–H groups in total. The first kappa shape index (κ1) is 10.6. The summed E-state index contributed by atoms with van der Waals surface area (Å²) in [6, 6.07) is 7.89. The summed E-state index contributed by atoms with van der Waals surface area (Å²) in [5.74, 6) is 0. The zero-order chi connectivity index (χ0) is 9.23. The summed E-state index contributed by atoms with van der Waals surface area (Å²) in [7, 11) is 0. The summed E-state index contributed by atoms with van der Waals surface area (Å²) in [5, 5.41) is 7.62. The third-order valence-corrected chi connectivity index (χ3v) is 1.25. The molecule has 0 radical (unpaired) electrons. The smallest absolute Gasteiger partial charge is 0.0618 e. The molecule has 2 heteroatoms. The fraction of sp³-hybridized carbons (Fsp3) is 0.400. The maximum atomic E-state index is 7.62. The van der Waals surface area contributed by atoms with E-state index in [0.717, 1.165) is 12.1 Å². The van der Waals surface area contributed by atoms with Crippen LogP contribution in [0.3, 0.4) is 0 Å². The van der Waals surface area contributed by atoms with Gasteiger partial charge in [0.05, 0.1) is 6.07 Å². The topological polar surface area (TPSA) is 36.7 Å². The molecule has 0 aromatic carbocycles. The molecule has 0 aliphatic heterocycles. The summed E-state index contributed by atoms with van der Waals surface area (Å²) in [5.41, 5.74) is 1.16. The second-order valence-electron chi connectivity index (χ2n) is 2.19. The molecular weight excluding hydrogens is 148 g/mol. The molecule has 0 unspecified atom stereocenters. The molecule has 64 valence electrons. The normalized spacial score (nSPS) is 7.75. The largest absolute Gasteiger partial charge is 0.261 e. The van der Waals surface area contributed by atoms with Crippen LogP contribution in [0.1, 0.15) is 26.0 Å². The minimum atomic E-state index is 0.625. The highest BCUT2D eigenvalue weighted by Crippen LogP contribution is 1.91. The molecule has 0 saturated heterocycles. The SMILES string of the molecule is CCC#N.CCc1ccccn1. The van der Waals surface area contributed by atoms with Gasteiger partial charge in [0.2, 0.25) is 0 Å². The summed E-state index contributed by atoms with van der Waals surface area (Å²) in [4.78, 5) is 4.10. The van der Waals surface area contributed by atoms with Gasteiger partial charge in [-0.25, -0.2) is 0 Å². The van der Waals surface area contributed by atoms with Crippen molar-refractivity contribution in [1.29, 1.82) is 5.26 Å². The molecule has 0 spiro atoms. The summed E-state index contributed by atoms with van der Waals surface area (Å²) in [6.45, 7) is 3.92. The fourth-order valence-corrected chi connectivity index (χ4v) is 0.607. The summed E-state index contributed by atoms with van der Waals surface area (Å²) in [6.07, 6.45) is 3.47. The molecule has 0 aliphatic rings. The molecule has 1 aromatic rings. The Morgan fingerprint density at radius 1 is 1.42 bits per heavy atom. The van der Waals surface area contributed by atoms with Gasteiger partial charge < -0.3 is 0 Å². The van der Waals surface area contributed by atoms with E-state index in [9.17, 15) is 0 Å². The molecule has 2 nitrogen and oxygen atoms in total. The van der Waals surface area contributed by atoms with E-state index in [1.165, 1.54) is 0 Å². The van der Waals surface area contributed by atoms with Gasteiger partial charge in [-0.15, -0.1) is 0 Å². The summed E-state index contributed by atoms with van der Waals surface area (Å²) < 4.78 is 0. The van der Waals surface area contributed by atoms with E-state index in [2.05, 4.69) is 11.9 Å². The number of hydrogen-bond donors (Lipinski definition) is 0. The minimum Gasteiger partial charge on any atom is -0.261 e. The third kappa shape index (κ3) is 5.43. The van der Waals surface area contributed by atoms with E-state index >= 15 is 0 Å². The lowest BCUT2D eigenvalue weighted by Gasteiger charge is -1.88. The number of pyridine rings is 1. The van der Waals surface area contributed by atoms with Crippen molar-refractivity contribution in [1.82, 2.24) is 4.98 Å². The average Bonchev–Trinajstić information content (AvgIpc) is 2.19. The molecule has 1 aromatic heterocycles. The van der Waals surface area contributed by atoms with Gasteiger partial charge in [-0.3, -0.25) is 4.98 Å². The maximum Gasteiger partial charge on any atom is 0.0618 e. The number of aromatic nitrogens is 1.